The second-order valence-electron chi connectivity index (χ2n) is 8.14. The lowest BCUT2D eigenvalue weighted by atomic mass is 9.94. The fourth-order valence-corrected chi connectivity index (χ4v) is 3.52. The highest BCUT2D eigenvalue weighted by Crippen LogP contribution is 2.23. The molecule has 8 heteroatoms. The lowest BCUT2D eigenvalue weighted by Gasteiger charge is -2.34. The van der Waals surface area contributed by atoms with Gasteiger partial charge in [0.1, 0.15) is 12.4 Å². The van der Waals surface area contributed by atoms with Gasteiger partial charge < -0.3 is 10.2 Å². The van der Waals surface area contributed by atoms with Crippen LogP contribution in [-0.2, 0) is 16.0 Å². The Labute approximate surface area is 171 Å². The zero-order chi connectivity index (χ0) is 20.8. The average Bonchev–Trinajstić information content (AvgIpc) is 3.27. The number of likely N-dealkylation sites (tertiary alicyclic amines) is 1. The summed E-state index contributed by atoms with van der Waals surface area (Å²) in [4.78, 5) is 27.6. The maximum Gasteiger partial charge on any atom is 0.247 e. The van der Waals surface area contributed by atoms with Gasteiger partial charge in [-0.25, -0.2) is 4.68 Å². The molecule has 156 valence electrons. The van der Waals surface area contributed by atoms with Crippen molar-refractivity contribution < 1.29 is 9.59 Å². The number of rotatable bonds is 7. The first-order chi connectivity index (χ1) is 14.0. The molecule has 3 rings (SSSR count). The van der Waals surface area contributed by atoms with Crippen LogP contribution in [0.4, 0.5) is 0 Å². The van der Waals surface area contributed by atoms with E-state index < -0.39 is 6.04 Å². The van der Waals surface area contributed by atoms with Crippen molar-refractivity contribution in [1.29, 1.82) is 0 Å². The second-order valence-corrected chi connectivity index (χ2v) is 8.14. The number of nitrogens with one attached hydrogen (secondary N) is 1. The van der Waals surface area contributed by atoms with Crippen LogP contribution in [0.2, 0.25) is 0 Å². The summed E-state index contributed by atoms with van der Waals surface area (Å²) in [5.41, 5.74) is 1.05. The molecule has 0 radical (unpaired) electrons. The second kappa shape index (κ2) is 9.62. The Kier molecular flexibility index (Phi) is 6.95. The van der Waals surface area contributed by atoms with E-state index in [2.05, 4.69) is 34.7 Å². The molecular weight excluding hydrogens is 368 g/mol. The Morgan fingerprint density at radius 3 is 2.41 bits per heavy atom. The maximum atomic E-state index is 13.3. The fourth-order valence-electron chi connectivity index (χ4n) is 3.52. The van der Waals surface area contributed by atoms with Crippen LogP contribution >= 0.6 is 0 Å². The smallest absolute Gasteiger partial charge is 0.247 e. The van der Waals surface area contributed by atoms with Gasteiger partial charge in [-0.3, -0.25) is 9.59 Å². The average molecular weight is 399 g/mol. The van der Waals surface area contributed by atoms with Gasteiger partial charge in [0, 0.05) is 31.5 Å². The summed E-state index contributed by atoms with van der Waals surface area (Å²) in [5.74, 6) is 0.451. The lowest BCUT2D eigenvalue weighted by Crippen LogP contribution is -2.47. The molecule has 2 aromatic rings. The quantitative estimate of drug-likeness (QED) is 0.768. The molecule has 1 aliphatic rings. The predicted octanol–water partition coefficient (Wildman–Crippen LogP) is 1.86. The Hall–Kier alpha value is -2.77. The monoisotopic (exact) mass is 398 g/mol. The normalized spacial score (nSPS) is 17.2. The number of hydrogen-bond acceptors (Lipinski definition) is 5. The highest BCUT2D eigenvalue weighted by atomic mass is 16.2. The van der Waals surface area contributed by atoms with Crippen molar-refractivity contribution in [2.75, 3.05) is 13.1 Å². The summed E-state index contributed by atoms with van der Waals surface area (Å²) < 4.78 is 1.53. The summed E-state index contributed by atoms with van der Waals surface area (Å²) in [7, 11) is 0. The lowest BCUT2D eigenvalue weighted by molar-refractivity contribution is -0.139. The van der Waals surface area contributed by atoms with Crippen LogP contribution in [0.25, 0.3) is 0 Å². The standard InChI is InChI=1S/C21H30N6O2/c1-15(2)16(3)23-20(28)18-9-11-26(12-10-18)21(29)19(27-14-22-24-25-27)13-17-7-5-4-6-8-17/h4-8,14-16,18-19H,9-13H2,1-3H3,(H,23,28). The topological polar surface area (TPSA) is 93.0 Å². The van der Waals surface area contributed by atoms with Gasteiger partial charge in [-0.2, -0.15) is 0 Å². The number of carbonyl (C=O) groups excluding carboxylic acids is 2. The number of hydrogen-bond donors (Lipinski definition) is 1. The number of benzene rings is 1. The Morgan fingerprint density at radius 1 is 1.14 bits per heavy atom. The van der Waals surface area contributed by atoms with Crippen molar-refractivity contribution in [2.45, 2.75) is 52.1 Å². The van der Waals surface area contributed by atoms with Crippen molar-refractivity contribution in [3.63, 3.8) is 0 Å². The van der Waals surface area contributed by atoms with Gasteiger partial charge in [-0.15, -0.1) is 5.10 Å². The summed E-state index contributed by atoms with van der Waals surface area (Å²) in [6.07, 6.45) is 3.36. The molecule has 2 heterocycles. The van der Waals surface area contributed by atoms with E-state index in [4.69, 9.17) is 0 Å². The molecule has 29 heavy (non-hydrogen) atoms. The Balaban J connectivity index is 1.62. The number of aromatic nitrogens is 4. The van der Waals surface area contributed by atoms with Crippen molar-refractivity contribution >= 4 is 11.8 Å². The summed E-state index contributed by atoms with van der Waals surface area (Å²) >= 11 is 0. The summed E-state index contributed by atoms with van der Waals surface area (Å²) in [5, 5.41) is 14.5. The van der Waals surface area contributed by atoms with Crippen LogP contribution in [0.3, 0.4) is 0 Å². The molecule has 1 aromatic heterocycles. The third kappa shape index (κ3) is 5.40. The SMILES string of the molecule is CC(C)C(C)NC(=O)C1CCN(C(=O)C(Cc2ccccc2)n2cnnn2)CC1. The molecule has 0 bridgehead atoms. The van der Waals surface area contributed by atoms with Crippen molar-refractivity contribution in [3.8, 4) is 0 Å². The van der Waals surface area contributed by atoms with Gasteiger partial charge in [0.2, 0.25) is 11.8 Å². The van der Waals surface area contributed by atoms with Gasteiger partial charge in [0.25, 0.3) is 0 Å². The van der Waals surface area contributed by atoms with Gasteiger partial charge >= 0.3 is 0 Å². The van der Waals surface area contributed by atoms with Crippen LogP contribution in [0.15, 0.2) is 36.7 Å². The molecule has 1 aromatic carbocycles. The van der Waals surface area contributed by atoms with Crippen LogP contribution in [0.1, 0.15) is 45.2 Å². The van der Waals surface area contributed by atoms with Gasteiger partial charge in [0.05, 0.1) is 0 Å². The van der Waals surface area contributed by atoms with E-state index in [1.54, 1.807) is 0 Å². The van der Waals surface area contributed by atoms with E-state index in [1.165, 1.54) is 11.0 Å². The zero-order valence-electron chi connectivity index (χ0n) is 17.4. The third-order valence-electron chi connectivity index (χ3n) is 5.79. The molecule has 2 atom stereocenters. The molecule has 1 saturated heterocycles. The number of tetrazole rings is 1. The number of carbonyl (C=O) groups is 2. The minimum Gasteiger partial charge on any atom is -0.353 e. The van der Waals surface area contributed by atoms with Crippen LogP contribution in [0.5, 0.6) is 0 Å². The van der Waals surface area contributed by atoms with E-state index in [0.29, 0.717) is 38.3 Å². The zero-order valence-corrected chi connectivity index (χ0v) is 17.4. The van der Waals surface area contributed by atoms with E-state index in [9.17, 15) is 9.59 Å². The Morgan fingerprint density at radius 2 is 1.83 bits per heavy atom. The number of nitrogens with zero attached hydrogens (tertiary/aromatic N) is 5. The molecule has 1 N–H and O–H groups in total. The summed E-state index contributed by atoms with van der Waals surface area (Å²) in [6, 6.07) is 9.52. The first-order valence-electron chi connectivity index (χ1n) is 10.3. The molecule has 2 unspecified atom stereocenters. The summed E-state index contributed by atoms with van der Waals surface area (Å²) in [6.45, 7) is 7.36. The van der Waals surface area contributed by atoms with Gasteiger partial charge in [0.15, 0.2) is 0 Å². The first-order valence-corrected chi connectivity index (χ1v) is 10.3. The minimum atomic E-state index is -0.487. The van der Waals surface area contributed by atoms with Crippen LogP contribution in [0, 0.1) is 11.8 Å². The highest BCUT2D eigenvalue weighted by molar-refractivity contribution is 5.82. The van der Waals surface area contributed by atoms with Crippen molar-refractivity contribution in [2.24, 2.45) is 11.8 Å². The molecule has 2 amide bonds. The molecule has 0 saturated carbocycles. The first kappa shape index (κ1) is 21.0. The minimum absolute atomic E-state index is 0.00411. The van der Waals surface area contributed by atoms with Crippen molar-refractivity contribution in [1.82, 2.24) is 30.4 Å². The highest BCUT2D eigenvalue weighted by Gasteiger charge is 2.32. The van der Waals surface area contributed by atoms with E-state index in [-0.39, 0.29) is 23.8 Å². The van der Waals surface area contributed by atoms with E-state index in [0.717, 1.165) is 5.56 Å². The molecular formula is C21H30N6O2. The van der Waals surface area contributed by atoms with E-state index in [1.807, 2.05) is 42.2 Å². The maximum absolute atomic E-state index is 13.3. The molecule has 1 aliphatic heterocycles. The molecule has 0 aliphatic carbocycles. The largest absolute Gasteiger partial charge is 0.353 e. The predicted molar refractivity (Wildman–Crippen MR) is 109 cm³/mol. The van der Waals surface area contributed by atoms with Gasteiger partial charge in [-0.1, -0.05) is 44.2 Å². The Bertz CT molecular complexity index is 785. The fraction of sp³-hybridized carbons (Fsp3) is 0.571. The third-order valence-corrected chi connectivity index (χ3v) is 5.79. The van der Waals surface area contributed by atoms with Gasteiger partial charge in [-0.05, 0) is 41.7 Å². The van der Waals surface area contributed by atoms with Crippen molar-refractivity contribution in [3.05, 3.63) is 42.2 Å². The molecule has 0 spiro atoms. The van der Waals surface area contributed by atoms with E-state index >= 15 is 0 Å². The van der Waals surface area contributed by atoms with Crippen LogP contribution < -0.4 is 5.32 Å². The van der Waals surface area contributed by atoms with Crippen LogP contribution in [-0.4, -0.2) is 56.1 Å². The number of amides is 2. The number of piperidine rings is 1. The molecule has 8 nitrogen and oxygen atoms in total. The molecule has 1 fully saturated rings.